The molecule has 0 saturated carbocycles. The molecule has 1 aliphatic heterocycles. The second-order valence-electron chi connectivity index (χ2n) is 5.12. The number of hydrogen-bond donors (Lipinski definition) is 0. The highest BCUT2D eigenvalue weighted by atomic mass is 16.5. The van der Waals surface area contributed by atoms with Gasteiger partial charge in [-0.1, -0.05) is 6.07 Å². The Bertz CT molecular complexity index is 680. The van der Waals surface area contributed by atoms with Crippen LogP contribution in [0.5, 0.6) is 0 Å². The number of nitrogens with zero attached hydrogens (tertiary/aromatic N) is 3. The van der Waals surface area contributed by atoms with Crippen LogP contribution < -0.4 is 0 Å². The van der Waals surface area contributed by atoms with Gasteiger partial charge in [-0.25, -0.2) is 9.31 Å². The minimum absolute atomic E-state index is 0.161. The molecule has 0 spiro atoms. The number of fused-ring (bicyclic) bond motifs is 1. The highest BCUT2D eigenvalue weighted by molar-refractivity contribution is 6.02. The van der Waals surface area contributed by atoms with Crippen LogP contribution in [0.25, 0.3) is 5.52 Å². The summed E-state index contributed by atoms with van der Waals surface area (Å²) in [6.07, 6.45) is 5.83. The first-order valence-electron chi connectivity index (χ1n) is 7.03. The van der Waals surface area contributed by atoms with Gasteiger partial charge in [-0.2, -0.15) is 5.10 Å². The topological polar surface area (TPSA) is 63.9 Å². The van der Waals surface area contributed by atoms with Crippen LogP contribution >= 0.6 is 0 Å². The molecule has 3 heterocycles. The normalized spacial score (nSPS) is 18.7. The third-order valence-electron chi connectivity index (χ3n) is 3.89. The molecule has 6 nitrogen and oxygen atoms in total. The van der Waals surface area contributed by atoms with Crippen molar-refractivity contribution in [1.82, 2.24) is 14.5 Å². The third kappa shape index (κ3) is 2.37. The number of aromatic nitrogens is 2. The van der Waals surface area contributed by atoms with E-state index in [2.05, 4.69) is 5.10 Å². The molecule has 110 valence electrons. The number of methoxy groups -OCH3 is 1. The van der Waals surface area contributed by atoms with E-state index in [1.807, 2.05) is 18.2 Å². The molecule has 21 heavy (non-hydrogen) atoms. The Morgan fingerprint density at radius 2 is 2.19 bits per heavy atom. The van der Waals surface area contributed by atoms with E-state index in [4.69, 9.17) is 4.74 Å². The Labute approximate surface area is 122 Å². The van der Waals surface area contributed by atoms with Gasteiger partial charge in [0.15, 0.2) is 0 Å². The van der Waals surface area contributed by atoms with Gasteiger partial charge < -0.3 is 9.64 Å². The van der Waals surface area contributed by atoms with E-state index in [-0.39, 0.29) is 11.9 Å². The number of esters is 1. The monoisotopic (exact) mass is 287 g/mol. The number of pyridine rings is 1. The second kappa shape index (κ2) is 5.55. The summed E-state index contributed by atoms with van der Waals surface area (Å²) in [5, 5.41) is 4.18. The smallest absolute Gasteiger partial charge is 0.328 e. The zero-order chi connectivity index (χ0) is 14.8. The van der Waals surface area contributed by atoms with Gasteiger partial charge in [-0.05, 0) is 31.4 Å². The summed E-state index contributed by atoms with van der Waals surface area (Å²) < 4.78 is 6.48. The molecule has 2 aromatic heterocycles. The number of piperidine rings is 1. The molecule has 3 rings (SSSR count). The Kier molecular flexibility index (Phi) is 3.60. The fourth-order valence-electron chi connectivity index (χ4n) is 2.81. The lowest BCUT2D eigenvalue weighted by Crippen LogP contribution is -2.48. The summed E-state index contributed by atoms with van der Waals surface area (Å²) in [5.74, 6) is -0.508. The molecule has 1 aliphatic rings. The molecule has 6 heteroatoms. The maximum atomic E-state index is 12.8. The van der Waals surface area contributed by atoms with Crippen molar-refractivity contribution in [3.05, 3.63) is 36.2 Å². The van der Waals surface area contributed by atoms with Crippen LogP contribution in [-0.4, -0.2) is 46.1 Å². The van der Waals surface area contributed by atoms with Gasteiger partial charge >= 0.3 is 5.97 Å². The summed E-state index contributed by atoms with van der Waals surface area (Å²) in [6.45, 7) is 0.572. The average Bonchev–Trinajstić information content (AvgIpc) is 2.97. The first-order chi connectivity index (χ1) is 10.2. The summed E-state index contributed by atoms with van der Waals surface area (Å²) in [4.78, 5) is 26.3. The minimum Gasteiger partial charge on any atom is -0.467 e. The number of likely N-dealkylation sites (tertiary alicyclic amines) is 1. The van der Waals surface area contributed by atoms with Crippen molar-refractivity contribution in [1.29, 1.82) is 0 Å². The molecule has 1 fully saturated rings. The van der Waals surface area contributed by atoms with Crippen molar-refractivity contribution >= 4 is 17.4 Å². The molecule has 1 amide bonds. The quantitative estimate of drug-likeness (QED) is 0.785. The van der Waals surface area contributed by atoms with E-state index in [0.717, 1.165) is 18.4 Å². The van der Waals surface area contributed by atoms with Gasteiger partial charge in [0.1, 0.15) is 6.04 Å². The van der Waals surface area contributed by atoms with Crippen molar-refractivity contribution in [3.8, 4) is 0 Å². The van der Waals surface area contributed by atoms with Crippen LogP contribution in [0.3, 0.4) is 0 Å². The van der Waals surface area contributed by atoms with Gasteiger partial charge in [0.25, 0.3) is 5.91 Å². The first-order valence-corrected chi connectivity index (χ1v) is 7.03. The van der Waals surface area contributed by atoms with Gasteiger partial charge in [0, 0.05) is 12.7 Å². The van der Waals surface area contributed by atoms with Crippen molar-refractivity contribution in [2.45, 2.75) is 25.3 Å². The SMILES string of the molecule is COC(=O)[C@H]1CCCCN1C(=O)c1cnn2ccccc12. The predicted octanol–water partition coefficient (Wildman–Crippen LogP) is 1.50. The van der Waals surface area contributed by atoms with Crippen LogP contribution in [-0.2, 0) is 9.53 Å². The molecule has 0 aliphatic carbocycles. The van der Waals surface area contributed by atoms with E-state index in [1.54, 1.807) is 21.8 Å². The van der Waals surface area contributed by atoms with Crippen LogP contribution in [0.2, 0.25) is 0 Å². The van der Waals surface area contributed by atoms with Crippen LogP contribution in [0.4, 0.5) is 0 Å². The number of amides is 1. The zero-order valence-electron chi connectivity index (χ0n) is 11.9. The molecule has 0 aromatic carbocycles. The maximum Gasteiger partial charge on any atom is 0.328 e. The van der Waals surface area contributed by atoms with Crippen LogP contribution in [0.1, 0.15) is 29.6 Å². The standard InChI is InChI=1S/C15H17N3O3/c1-21-15(20)13-7-2-4-8-17(13)14(19)11-10-16-18-9-5-3-6-12(11)18/h3,5-6,9-10,13H,2,4,7-8H2,1H3/t13-/m1/s1. The van der Waals surface area contributed by atoms with Gasteiger partial charge in [0.2, 0.25) is 0 Å². The fraction of sp³-hybridized carbons (Fsp3) is 0.400. The van der Waals surface area contributed by atoms with E-state index < -0.39 is 6.04 Å². The van der Waals surface area contributed by atoms with Crippen LogP contribution in [0, 0.1) is 0 Å². The largest absolute Gasteiger partial charge is 0.467 e. The summed E-state index contributed by atoms with van der Waals surface area (Å²) >= 11 is 0. The molecular weight excluding hydrogens is 270 g/mol. The van der Waals surface area contributed by atoms with Gasteiger partial charge in [-0.15, -0.1) is 0 Å². The Morgan fingerprint density at radius 1 is 1.33 bits per heavy atom. The lowest BCUT2D eigenvalue weighted by Gasteiger charge is -2.33. The Morgan fingerprint density at radius 3 is 3.00 bits per heavy atom. The zero-order valence-corrected chi connectivity index (χ0v) is 11.9. The maximum absolute atomic E-state index is 12.8. The highest BCUT2D eigenvalue weighted by Gasteiger charge is 2.34. The van der Waals surface area contributed by atoms with Gasteiger partial charge in [0.05, 0.1) is 24.4 Å². The van der Waals surface area contributed by atoms with Crippen molar-refractivity contribution in [2.75, 3.05) is 13.7 Å². The fourth-order valence-corrected chi connectivity index (χ4v) is 2.81. The Hall–Kier alpha value is -2.37. The molecule has 0 unspecified atom stereocenters. The van der Waals surface area contributed by atoms with Crippen LogP contribution in [0.15, 0.2) is 30.6 Å². The van der Waals surface area contributed by atoms with Gasteiger partial charge in [-0.3, -0.25) is 4.79 Å². The number of carbonyl (C=O) groups is 2. The third-order valence-corrected chi connectivity index (χ3v) is 3.89. The van der Waals surface area contributed by atoms with Crippen molar-refractivity contribution < 1.29 is 14.3 Å². The molecule has 1 atom stereocenters. The second-order valence-corrected chi connectivity index (χ2v) is 5.12. The van der Waals surface area contributed by atoms with E-state index in [1.165, 1.54) is 7.11 Å². The lowest BCUT2D eigenvalue weighted by molar-refractivity contribution is -0.147. The molecule has 2 aromatic rings. The highest BCUT2D eigenvalue weighted by Crippen LogP contribution is 2.22. The summed E-state index contributed by atoms with van der Waals surface area (Å²) in [7, 11) is 1.36. The van der Waals surface area contributed by atoms with E-state index >= 15 is 0 Å². The number of carbonyl (C=O) groups excluding carboxylic acids is 2. The number of hydrogen-bond acceptors (Lipinski definition) is 4. The predicted molar refractivity (Wildman–Crippen MR) is 75.9 cm³/mol. The molecule has 0 N–H and O–H groups in total. The Balaban J connectivity index is 1.94. The number of ether oxygens (including phenoxy) is 1. The molecule has 0 bridgehead atoms. The lowest BCUT2D eigenvalue weighted by atomic mass is 10.0. The minimum atomic E-state index is -0.491. The summed E-state index contributed by atoms with van der Waals surface area (Å²) in [6, 6.07) is 5.07. The van der Waals surface area contributed by atoms with E-state index in [0.29, 0.717) is 18.5 Å². The number of rotatable bonds is 2. The average molecular weight is 287 g/mol. The van der Waals surface area contributed by atoms with E-state index in [9.17, 15) is 9.59 Å². The summed E-state index contributed by atoms with van der Waals surface area (Å²) in [5.41, 5.74) is 1.27. The molecule has 0 radical (unpaired) electrons. The van der Waals surface area contributed by atoms with Crippen molar-refractivity contribution in [2.24, 2.45) is 0 Å². The molecule has 1 saturated heterocycles. The first kappa shape index (κ1) is 13.6. The van der Waals surface area contributed by atoms with Crippen molar-refractivity contribution in [3.63, 3.8) is 0 Å². The molecular formula is C15H17N3O3.